The number of hydrogen-bond donors (Lipinski definition) is 2. The number of aliphatic hydroxyl groups is 1. The number of carbonyl (C=O) groups is 1. The Kier molecular flexibility index (Phi) is 5.97. The third-order valence-electron chi connectivity index (χ3n) is 3.53. The van der Waals surface area contributed by atoms with Crippen molar-refractivity contribution < 1.29 is 23.1 Å². The Hall–Kier alpha value is -2.61. The van der Waals surface area contributed by atoms with Gasteiger partial charge in [0.2, 0.25) is 0 Å². The van der Waals surface area contributed by atoms with Crippen LogP contribution >= 0.6 is 0 Å². The summed E-state index contributed by atoms with van der Waals surface area (Å²) in [5.74, 6) is -0.206. The molecule has 1 amide bonds. The fourth-order valence-corrected chi connectivity index (χ4v) is 2.28. The highest BCUT2D eigenvalue weighted by atomic mass is 19.4. The van der Waals surface area contributed by atoms with E-state index in [-0.39, 0.29) is 36.1 Å². The van der Waals surface area contributed by atoms with Gasteiger partial charge in [0.1, 0.15) is 5.82 Å². The molecule has 2 aromatic rings. The first-order valence-corrected chi connectivity index (χ1v) is 7.66. The molecule has 1 aromatic carbocycles. The molecule has 134 valence electrons. The van der Waals surface area contributed by atoms with Crippen LogP contribution in [0, 0.1) is 0 Å². The lowest BCUT2D eigenvalue weighted by molar-refractivity contribution is -0.137. The monoisotopic (exact) mass is 353 g/mol. The molecule has 1 aromatic heterocycles. The predicted molar refractivity (Wildman–Crippen MR) is 87.6 cm³/mol. The lowest BCUT2D eigenvalue weighted by Gasteiger charge is -2.21. The number of rotatable bonds is 6. The van der Waals surface area contributed by atoms with Gasteiger partial charge in [-0.2, -0.15) is 13.2 Å². The van der Waals surface area contributed by atoms with Crippen LogP contribution in [-0.2, 0) is 6.18 Å². The highest BCUT2D eigenvalue weighted by Gasteiger charge is 2.30. The van der Waals surface area contributed by atoms with Crippen molar-refractivity contribution in [3.8, 4) is 0 Å². The predicted octanol–water partition coefficient (Wildman–Crippen LogP) is 3.30. The Morgan fingerprint density at radius 1 is 1.28 bits per heavy atom. The molecule has 1 heterocycles. The van der Waals surface area contributed by atoms with Crippen LogP contribution in [0.15, 0.2) is 42.6 Å². The van der Waals surface area contributed by atoms with Crippen LogP contribution in [0.5, 0.6) is 0 Å². The average molecular weight is 353 g/mol. The van der Waals surface area contributed by atoms with Crippen molar-refractivity contribution >= 4 is 17.4 Å². The van der Waals surface area contributed by atoms with Gasteiger partial charge in [-0.25, -0.2) is 4.98 Å². The maximum absolute atomic E-state index is 12.8. The number of halogens is 3. The number of aliphatic hydroxyl groups excluding tert-OH is 1. The molecule has 0 bridgehead atoms. The van der Waals surface area contributed by atoms with Gasteiger partial charge in [0.15, 0.2) is 0 Å². The molecule has 0 radical (unpaired) electrons. The quantitative estimate of drug-likeness (QED) is 0.836. The second kappa shape index (κ2) is 7.98. The molecule has 0 aliphatic rings. The van der Waals surface area contributed by atoms with Crippen molar-refractivity contribution in [2.24, 2.45) is 0 Å². The molecule has 8 heteroatoms. The first-order chi connectivity index (χ1) is 11.9. The zero-order valence-corrected chi connectivity index (χ0v) is 13.5. The van der Waals surface area contributed by atoms with Gasteiger partial charge >= 0.3 is 6.18 Å². The van der Waals surface area contributed by atoms with E-state index in [9.17, 15) is 18.0 Å². The highest BCUT2D eigenvalue weighted by Crippen LogP contribution is 2.31. The standard InChI is InChI=1S/C17H18F3N3O2/c1-2-23(9-10-24)16(25)14-7-4-8-21-15(14)22-13-6-3-5-12(11-13)17(18,19)20/h3-8,11,24H,2,9-10H2,1H3,(H,21,22). The van der Waals surface area contributed by atoms with E-state index in [0.717, 1.165) is 12.1 Å². The van der Waals surface area contributed by atoms with Gasteiger partial charge < -0.3 is 15.3 Å². The Bertz CT molecular complexity index is 735. The smallest absolute Gasteiger partial charge is 0.395 e. The number of benzene rings is 1. The van der Waals surface area contributed by atoms with Crippen LogP contribution in [-0.4, -0.2) is 40.6 Å². The van der Waals surface area contributed by atoms with Crippen molar-refractivity contribution in [2.45, 2.75) is 13.1 Å². The van der Waals surface area contributed by atoms with Gasteiger partial charge in [0, 0.05) is 25.0 Å². The van der Waals surface area contributed by atoms with E-state index in [0.29, 0.717) is 6.54 Å². The van der Waals surface area contributed by atoms with Gasteiger partial charge in [-0.3, -0.25) is 4.79 Å². The molecular weight excluding hydrogens is 335 g/mol. The van der Waals surface area contributed by atoms with E-state index in [4.69, 9.17) is 5.11 Å². The van der Waals surface area contributed by atoms with Crippen LogP contribution in [0.2, 0.25) is 0 Å². The summed E-state index contributed by atoms with van der Waals surface area (Å²) >= 11 is 0. The topological polar surface area (TPSA) is 65.5 Å². The largest absolute Gasteiger partial charge is 0.416 e. The molecule has 0 aliphatic heterocycles. The molecule has 0 fully saturated rings. The van der Waals surface area contributed by atoms with E-state index < -0.39 is 11.7 Å². The van der Waals surface area contributed by atoms with Gasteiger partial charge in [-0.1, -0.05) is 6.07 Å². The molecule has 2 rings (SSSR count). The second-order valence-electron chi connectivity index (χ2n) is 5.21. The SMILES string of the molecule is CCN(CCO)C(=O)c1cccnc1Nc1cccc(C(F)(F)F)c1. The number of nitrogens with zero attached hydrogens (tertiary/aromatic N) is 2. The van der Waals surface area contributed by atoms with Gasteiger partial charge in [0.05, 0.1) is 17.7 Å². The second-order valence-corrected chi connectivity index (χ2v) is 5.21. The number of likely N-dealkylation sites (N-methyl/N-ethyl adjacent to an activating group) is 1. The van der Waals surface area contributed by atoms with E-state index in [1.807, 2.05) is 0 Å². The van der Waals surface area contributed by atoms with Gasteiger partial charge in [-0.05, 0) is 37.3 Å². The minimum absolute atomic E-state index is 0.156. The number of amides is 1. The summed E-state index contributed by atoms with van der Waals surface area (Å²) in [7, 11) is 0. The van der Waals surface area contributed by atoms with Crippen molar-refractivity contribution in [2.75, 3.05) is 25.0 Å². The molecule has 0 saturated carbocycles. The number of carbonyl (C=O) groups excluding carboxylic acids is 1. The van der Waals surface area contributed by atoms with E-state index in [1.54, 1.807) is 13.0 Å². The lowest BCUT2D eigenvalue weighted by Crippen LogP contribution is -2.33. The summed E-state index contributed by atoms with van der Waals surface area (Å²) in [6, 6.07) is 7.76. The molecular formula is C17H18F3N3O2. The molecule has 2 N–H and O–H groups in total. The molecule has 0 unspecified atom stereocenters. The molecule has 0 saturated heterocycles. The highest BCUT2D eigenvalue weighted by molar-refractivity contribution is 5.99. The number of alkyl halides is 3. The van der Waals surface area contributed by atoms with Crippen molar-refractivity contribution in [3.63, 3.8) is 0 Å². The molecule has 0 atom stereocenters. The lowest BCUT2D eigenvalue weighted by atomic mass is 10.1. The van der Waals surface area contributed by atoms with Gasteiger partial charge in [0.25, 0.3) is 5.91 Å². The van der Waals surface area contributed by atoms with Crippen molar-refractivity contribution in [3.05, 3.63) is 53.7 Å². The number of aromatic nitrogens is 1. The first kappa shape index (κ1) is 18.7. The Labute approximate surface area is 143 Å². The summed E-state index contributed by atoms with van der Waals surface area (Å²) in [4.78, 5) is 18.0. The van der Waals surface area contributed by atoms with Crippen LogP contribution < -0.4 is 5.32 Å². The van der Waals surface area contributed by atoms with Crippen LogP contribution in [0.1, 0.15) is 22.8 Å². The summed E-state index contributed by atoms with van der Waals surface area (Å²) in [6.45, 7) is 2.13. The number of pyridine rings is 1. The van der Waals surface area contributed by atoms with Crippen LogP contribution in [0.4, 0.5) is 24.7 Å². The number of anilines is 2. The summed E-state index contributed by atoms with van der Waals surface area (Å²) in [6.07, 6.45) is -3.02. The van der Waals surface area contributed by atoms with E-state index in [1.165, 1.54) is 29.3 Å². The van der Waals surface area contributed by atoms with E-state index in [2.05, 4.69) is 10.3 Å². The Morgan fingerprint density at radius 3 is 2.68 bits per heavy atom. The summed E-state index contributed by atoms with van der Waals surface area (Å²) in [5.41, 5.74) is -0.403. The normalized spacial score (nSPS) is 11.2. The van der Waals surface area contributed by atoms with E-state index >= 15 is 0 Å². The molecule has 0 aliphatic carbocycles. The first-order valence-electron chi connectivity index (χ1n) is 7.66. The number of hydrogen-bond acceptors (Lipinski definition) is 4. The van der Waals surface area contributed by atoms with Gasteiger partial charge in [-0.15, -0.1) is 0 Å². The molecule has 0 spiro atoms. The third-order valence-corrected chi connectivity index (χ3v) is 3.53. The fraction of sp³-hybridized carbons (Fsp3) is 0.294. The molecule has 5 nitrogen and oxygen atoms in total. The minimum atomic E-state index is -4.46. The zero-order chi connectivity index (χ0) is 18.4. The maximum Gasteiger partial charge on any atom is 0.416 e. The minimum Gasteiger partial charge on any atom is -0.395 e. The fourth-order valence-electron chi connectivity index (χ4n) is 2.28. The number of nitrogens with one attached hydrogen (secondary N) is 1. The van der Waals surface area contributed by atoms with Crippen LogP contribution in [0.3, 0.4) is 0 Å². The maximum atomic E-state index is 12.8. The Morgan fingerprint density at radius 2 is 2.04 bits per heavy atom. The van der Waals surface area contributed by atoms with Crippen LogP contribution in [0.25, 0.3) is 0 Å². The van der Waals surface area contributed by atoms with Crippen molar-refractivity contribution in [1.29, 1.82) is 0 Å². The summed E-state index contributed by atoms with van der Waals surface area (Å²) in [5, 5.41) is 11.8. The third kappa shape index (κ3) is 4.69. The summed E-state index contributed by atoms with van der Waals surface area (Å²) < 4.78 is 38.5. The van der Waals surface area contributed by atoms with Crippen molar-refractivity contribution in [1.82, 2.24) is 9.88 Å². The zero-order valence-electron chi connectivity index (χ0n) is 13.5. The average Bonchev–Trinajstić information content (AvgIpc) is 2.59. The Balaban J connectivity index is 2.31. The molecule has 25 heavy (non-hydrogen) atoms.